The van der Waals surface area contributed by atoms with Gasteiger partial charge in [0.2, 0.25) is 5.89 Å². The molecular weight excluding hydrogens is 451 g/mol. The van der Waals surface area contributed by atoms with Gasteiger partial charge in [-0.2, -0.15) is 0 Å². The Kier molecular flexibility index (Phi) is 9.83. The molecule has 0 saturated carbocycles. The Bertz CT molecular complexity index is 703. The summed E-state index contributed by atoms with van der Waals surface area (Å²) in [6.45, 7) is 13.8. The number of hydrogen-bond acceptors (Lipinski definition) is 3. The van der Waals surface area contributed by atoms with Crippen molar-refractivity contribution in [3.8, 4) is 0 Å². The number of guanidine groups is 1. The van der Waals surface area contributed by atoms with E-state index in [4.69, 9.17) is 4.42 Å². The molecule has 1 heterocycles. The Balaban J connectivity index is 0.00000364. The minimum Gasteiger partial charge on any atom is -0.444 e. The van der Waals surface area contributed by atoms with Gasteiger partial charge in [-0.15, -0.1) is 24.0 Å². The highest BCUT2D eigenvalue weighted by atomic mass is 127. The van der Waals surface area contributed by atoms with E-state index in [1.165, 1.54) is 11.1 Å². The van der Waals surface area contributed by atoms with E-state index in [9.17, 15) is 0 Å². The molecule has 2 aromatic rings. The first-order chi connectivity index (χ1) is 12.4. The minimum atomic E-state index is 0. The Morgan fingerprint density at radius 3 is 2.33 bits per heavy atom. The Labute approximate surface area is 180 Å². The summed E-state index contributed by atoms with van der Waals surface area (Å²) >= 11 is 0. The van der Waals surface area contributed by atoms with Gasteiger partial charge in [-0.3, -0.25) is 0 Å². The van der Waals surface area contributed by atoms with E-state index in [-0.39, 0.29) is 30.0 Å². The van der Waals surface area contributed by atoms with Gasteiger partial charge in [0, 0.05) is 6.54 Å². The van der Waals surface area contributed by atoms with Crippen molar-refractivity contribution in [3.05, 3.63) is 52.7 Å². The average molecular weight is 484 g/mol. The second kappa shape index (κ2) is 11.3. The molecule has 0 amide bonds. The lowest BCUT2D eigenvalue weighted by Crippen LogP contribution is -2.38. The van der Waals surface area contributed by atoms with Crippen LogP contribution >= 0.6 is 24.0 Å². The SMILES string of the molecule is CCNC(=NCc1nc(C)c(C)o1)NC(C)c1ccc(CC(C)C)cc1.I. The standard InChI is InChI=1S/C21H32N4O.HI/c1-7-22-21(23-13-20-24-15(4)17(6)26-20)25-16(5)19-10-8-18(9-11-19)12-14(2)3;/h8-11,14,16H,7,12-13H2,1-6H3,(H2,22,23,25);1H. The third-order valence-electron chi connectivity index (χ3n) is 4.27. The monoisotopic (exact) mass is 484 g/mol. The quantitative estimate of drug-likeness (QED) is 0.333. The molecule has 0 saturated heterocycles. The number of aliphatic imine (C=N–C) groups is 1. The van der Waals surface area contributed by atoms with Crippen LogP contribution in [0.5, 0.6) is 0 Å². The van der Waals surface area contributed by atoms with Crippen LogP contribution < -0.4 is 10.6 Å². The number of nitrogens with one attached hydrogen (secondary N) is 2. The van der Waals surface area contributed by atoms with Crippen LogP contribution in [0.3, 0.4) is 0 Å². The maximum absolute atomic E-state index is 5.60. The highest BCUT2D eigenvalue weighted by Crippen LogP contribution is 2.16. The molecule has 5 nitrogen and oxygen atoms in total. The maximum Gasteiger partial charge on any atom is 0.216 e. The van der Waals surface area contributed by atoms with E-state index in [0.29, 0.717) is 18.4 Å². The third kappa shape index (κ3) is 7.52. The number of oxazole rings is 1. The van der Waals surface area contributed by atoms with Crippen LogP contribution in [0, 0.1) is 19.8 Å². The van der Waals surface area contributed by atoms with Crippen molar-refractivity contribution in [2.75, 3.05) is 6.54 Å². The molecule has 2 rings (SSSR count). The zero-order chi connectivity index (χ0) is 19.1. The molecular formula is C21H33IN4O. The summed E-state index contributed by atoms with van der Waals surface area (Å²) < 4.78 is 5.60. The van der Waals surface area contributed by atoms with Gasteiger partial charge in [0.25, 0.3) is 0 Å². The van der Waals surface area contributed by atoms with Gasteiger partial charge in [-0.1, -0.05) is 38.1 Å². The number of aromatic nitrogens is 1. The van der Waals surface area contributed by atoms with E-state index in [1.54, 1.807) is 0 Å². The zero-order valence-electron chi connectivity index (χ0n) is 17.3. The second-order valence-corrected chi connectivity index (χ2v) is 7.15. The number of nitrogens with zero attached hydrogens (tertiary/aromatic N) is 2. The second-order valence-electron chi connectivity index (χ2n) is 7.15. The van der Waals surface area contributed by atoms with E-state index in [0.717, 1.165) is 30.4 Å². The van der Waals surface area contributed by atoms with Crippen LogP contribution in [0.15, 0.2) is 33.7 Å². The third-order valence-corrected chi connectivity index (χ3v) is 4.27. The molecule has 1 aromatic heterocycles. The fourth-order valence-corrected chi connectivity index (χ4v) is 2.78. The van der Waals surface area contributed by atoms with Gasteiger partial charge < -0.3 is 15.1 Å². The van der Waals surface area contributed by atoms with Gasteiger partial charge in [0.15, 0.2) is 5.96 Å². The van der Waals surface area contributed by atoms with Crippen molar-refractivity contribution in [3.63, 3.8) is 0 Å². The molecule has 2 N–H and O–H groups in total. The Hall–Kier alpha value is -1.57. The van der Waals surface area contributed by atoms with Crippen molar-refractivity contribution in [1.82, 2.24) is 15.6 Å². The number of aryl methyl sites for hydroxylation is 2. The summed E-state index contributed by atoms with van der Waals surface area (Å²) in [7, 11) is 0. The van der Waals surface area contributed by atoms with Crippen LogP contribution in [-0.2, 0) is 13.0 Å². The first-order valence-corrected chi connectivity index (χ1v) is 9.45. The molecule has 0 spiro atoms. The lowest BCUT2D eigenvalue weighted by molar-refractivity contribution is 0.472. The zero-order valence-corrected chi connectivity index (χ0v) is 19.6. The highest BCUT2D eigenvalue weighted by molar-refractivity contribution is 14.0. The van der Waals surface area contributed by atoms with Crippen LogP contribution in [-0.4, -0.2) is 17.5 Å². The molecule has 150 valence electrons. The topological polar surface area (TPSA) is 62.5 Å². The summed E-state index contributed by atoms with van der Waals surface area (Å²) in [5.41, 5.74) is 3.54. The number of rotatable bonds is 7. The van der Waals surface area contributed by atoms with Crippen LogP contribution in [0.2, 0.25) is 0 Å². The fourth-order valence-electron chi connectivity index (χ4n) is 2.78. The van der Waals surface area contributed by atoms with Gasteiger partial charge >= 0.3 is 0 Å². The molecule has 1 atom stereocenters. The minimum absolute atomic E-state index is 0. The van der Waals surface area contributed by atoms with Crippen LogP contribution in [0.25, 0.3) is 0 Å². The summed E-state index contributed by atoms with van der Waals surface area (Å²) in [5, 5.41) is 6.74. The maximum atomic E-state index is 5.60. The van der Waals surface area contributed by atoms with E-state index < -0.39 is 0 Å². The van der Waals surface area contributed by atoms with Gasteiger partial charge in [0.05, 0.1) is 11.7 Å². The lowest BCUT2D eigenvalue weighted by Gasteiger charge is -2.18. The van der Waals surface area contributed by atoms with Gasteiger partial charge in [-0.05, 0) is 51.2 Å². The fraction of sp³-hybridized carbons (Fsp3) is 0.524. The molecule has 0 aliphatic carbocycles. The largest absolute Gasteiger partial charge is 0.444 e. The number of benzene rings is 1. The van der Waals surface area contributed by atoms with Crippen LogP contribution in [0.1, 0.15) is 62.2 Å². The van der Waals surface area contributed by atoms with Crippen molar-refractivity contribution in [2.24, 2.45) is 10.9 Å². The smallest absolute Gasteiger partial charge is 0.216 e. The summed E-state index contributed by atoms with van der Waals surface area (Å²) in [6.07, 6.45) is 1.11. The normalized spacial score (nSPS) is 12.6. The molecule has 0 aliphatic heterocycles. The molecule has 1 unspecified atom stereocenters. The predicted molar refractivity (Wildman–Crippen MR) is 123 cm³/mol. The summed E-state index contributed by atoms with van der Waals surface area (Å²) in [6, 6.07) is 8.99. The lowest BCUT2D eigenvalue weighted by atomic mass is 10.00. The van der Waals surface area contributed by atoms with E-state index >= 15 is 0 Å². The summed E-state index contributed by atoms with van der Waals surface area (Å²) in [5.74, 6) is 2.93. The molecule has 0 aliphatic rings. The Morgan fingerprint density at radius 2 is 1.81 bits per heavy atom. The number of hydrogen-bond donors (Lipinski definition) is 2. The van der Waals surface area contributed by atoms with E-state index in [1.807, 2.05) is 13.8 Å². The molecule has 27 heavy (non-hydrogen) atoms. The van der Waals surface area contributed by atoms with Crippen molar-refractivity contribution < 1.29 is 4.42 Å². The van der Waals surface area contributed by atoms with Gasteiger partial charge in [0.1, 0.15) is 12.3 Å². The predicted octanol–water partition coefficient (Wildman–Crippen LogP) is 4.92. The van der Waals surface area contributed by atoms with E-state index in [2.05, 4.69) is 72.6 Å². The number of halogens is 1. The van der Waals surface area contributed by atoms with Crippen LogP contribution in [0.4, 0.5) is 0 Å². The van der Waals surface area contributed by atoms with Crippen molar-refractivity contribution in [2.45, 2.75) is 60.5 Å². The Morgan fingerprint density at radius 1 is 1.15 bits per heavy atom. The van der Waals surface area contributed by atoms with Crippen molar-refractivity contribution >= 4 is 29.9 Å². The van der Waals surface area contributed by atoms with Gasteiger partial charge in [-0.25, -0.2) is 9.98 Å². The molecule has 1 aromatic carbocycles. The molecule has 0 radical (unpaired) electrons. The summed E-state index contributed by atoms with van der Waals surface area (Å²) in [4.78, 5) is 8.98. The first kappa shape index (κ1) is 23.5. The molecule has 6 heteroatoms. The molecule has 0 fully saturated rings. The highest BCUT2D eigenvalue weighted by Gasteiger charge is 2.10. The average Bonchev–Trinajstić information content (AvgIpc) is 2.91. The molecule has 0 bridgehead atoms. The first-order valence-electron chi connectivity index (χ1n) is 9.45. The van der Waals surface area contributed by atoms with Crippen molar-refractivity contribution in [1.29, 1.82) is 0 Å².